The number of carbonyl (C=O) groups excluding carboxylic acids is 1. The Morgan fingerprint density at radius 2 is 1.77 bits per heavy atom. The van der Waals surface area contributed by atoms with E-state index in [0.717, 1.165) is 16.5 Å². The molecule has 0 aromatic heterocycles. The van der Waals surface area contributed by atoms with E-state index in [1.807, 2.05) is 12.1 Å². The van der Waals surface area contributed by atoms with Gasteiger partial charge < -0.3 is 10.1 Å². The van der Waals surface area contributed by atoms with Crippen molar-refractivity contribution in [2.24, 2.45) is 0 Å². The van der Waals surface area contributed by atoms with E-state index in [9.17, 15) is 18.0 Å². The van der Waals surface area contributed by atoms with Crippen molar-refractivity contribution in [1.29, 1.82) is 0 Å². The number of amides is 1. The zero-order valence-corrected chi connectivity index (χ0v) is 17.4. The Labute approximate surface area is 181 Å². The fraction of sp³-hybridized carbons (Fsp3) is 0.136. The molecular formula is C22H17ClF3NO2S. The van der Waals surface area contributed by atoms with Crippen LogP contribution in [0.3, 0.4) is 0 Å². The van der Waals surface area contributed by atoms with Gasteiger partial charge in [0.05, 0.1) is 18.4 Å². The second kappa shape index (κ2) is 9.45. The number of rotatable bonds is 6. The van der Waals surface area contributed by atoms with Crippen LogP contribution in [-0.2, 0) is 11.9 Å². The molecule has 0 aliphatic heterocycles. The maximum absolute atomic E-state index is 13.2. The van der Waals surface area contributed by atoms with Gasteiger partial charge in [0, 0.05) is 26.8 Å². The van der Waals surface area contributed by atoms with E-state index in [-0.39, 0.29) is 11.3 Å². The summed E-state index contributed by atoms with van der Waals surface area (Å²) < 4.78 is 44.9. The van der Waals surface area contributed by atoms with Gasteiger partial charge in [0.25, 0.3) is 5.91 Å². The average molecular weight is 452 g/mol. The largest absolute Gasteiger partial charge is 0.496 e. The number of alkyl halides is 3. The minimum Gasteiger partial charge on any atom is -0.496 e. The van der Waals surface area contributed by atoms with E-state index in [0.29, 0.717) is 16.5 Å². The quantitative estimate of drug-likeness (QED) is 0.414. The minimum atomic E-state index is -4.57. The van der Waals surface area contributed by atoms with E-state index < -0.39 is 17.6 Å². The van der Waals surface area contributed by atoms with E-state index in [4.69, 9.17) is 16.3 Å². The Balaban J connectivity index is 1.80. The molecule has 156 valence electrons. The molecule has 0 aliphatic rings. The molecule has 3 rings (SSSR count). The number of methoxy groups -OCH3 is 1. The zero-order valence-electron chi connectivity index (χ0n) is 15.8. The summed E-state index contributed by atoms with van der Waals surface area (Å²) >= 11 is 7.42. The number of benzene rings is 3. The molecule has 1 N–H and O–H groups in total. The summed E-state index contributed by atoms with van der Waals surface area (Å²) in [5.41, 5.74) is -0.207. The SMILES string of the molecule is COc1ccc(C(=O)Nc2ccccc2C(F)(F)F)cc1CSc1ccc(Cl)cc1. The van der Waals surface area contributed by atoms with Gasteiger partial charge in [0.1, 0.15) is 5.75 Å². The molecule has 30 heavy (non-hydrogen) atoms. The first-order valence-electron chi connectivity index (χ1n) is 8.81. The summed E-state index contributed by atoms with van der Waals surface area (Å²) in [6.45, 7) is 0. The molecule has 0 unspecified atom stereocenters. The topological polar surface area (TPSA) is 38.3 Å². The van der Waals surface area contributed by atoms with Crippen molar-refractivity contribution in [3.05, 3.63) is 88.4 Å². The van der Waals surface area contributed by atoms with Gasteiger partial charge in [-0.3, -0.25) is 4.79 Å². The summed E-state index contributed by atoms with van der Waals surface area (Å²) in [4.78, 5) is 13.6. The van der Waals surface area contributed by atoms with Gasteiger partial charge in [-0.2, -0.15) is 13.2 Å². The van der Waals surface area contributed by atoms with Crippen LogP contribution in [0.4, 0.5) is 18.9 Å². The molecule has 3 nitrogen and oxygen atoms in total. The minimum absolute atomic E-state index is 0.236. The summed E-state index contributed by atoms with van der Waals surface area (Å²) in [5.74, 6) is 0.459. The van der Waals surface area contributed by atoms with Gasteiger partial charge in [0.2, 0.25) is 0 Å². The number of hydrogen-bond donors (Lipinski definition) is 1. The summed E-state index contributed by atoms with van der Waals surface area (Å²) in [6, 6.07) is 16.9. The van der Waals surface area contributed by atoms with Gasteiger partial charge in [-0.1, -0.05) is 23.7 Å². The Morgan fingerprint density at radius 3 is 2.43 bits per heavy atom. The third-order valence-electron chi connectivity index (χ3n) is 4.23. The number of nitrogens with one attached hydrogen (secondary N) is 1. The molecule has 0 atom stereocenters. The Hall–Kier alpha value is -2.64. The molecule has 3 aromatic rings. The number of carbonyl (C=O) groups is 1. The van der Waals surface area contributed by atoms with Crippen molar-refractivity contribution in [3.8, 4) is 5.75 Å². The average Bonchev–Trinajstić information content (AvgIpc) is 2.72. The predicted molar refractivity (Wildman–Crippen MR) is 113 cm³/mol. The van der Waals surface area contributed by atoms with Crippen LogP contribution in [-0.4, -0.2) is 13.0 Å². The highest BCUT2D eigenvalue weighted by Crippen LogP contribution is 2.35. The third-order valence-corrected chi connectivity index (χ3v) is 5.54. The van der Waals surface area contributed by atoms with Crippen LogP contribution < -0.4 is 10.1 Å². The van der Waals surface area contributed by atoms with Crippen molar-refractivity contribution >= 4 is 35.0 Å². The second-order valence-electron chi connectivity index (χ2n) is 6.27. The van der Waals surface area contributed by atoms with E-state index >= 15 is 0 Å². The Morgan fingerprint density at radius 1 is 1.07 bits per heavy atom. The maximum atomic E-state index is 13.2. The van der Waals surface area contributed by atoms with Crippen LogP contribution in [0.15, 0.2) is 71.6 Å². The smallest absolute Gasteiger partial charge is 0.418 e. The van der Waals surface area contributed by atoms with Crippen molar-refractivity contribution in [3.63, 3.8) is 0 Å². The highest BCUT2D eigenvalue weighted by molar-refractivity contribution is 7.98. The zero-order chi connectivity index (χ0) is 21.7. The van der Waals surface area contributed by atoms with Gasteiger partial charge in [0.15, 0.2) is 0 Å². The van der Waals surface area contributed by atoms with Crippen LogP contribution in [0.1, 0.15) is 21.5 Å². The summed E-state index contributed by atoms with van der Waals surface area (Å²) in [6.07, 6.45) is -4.57. The number of halogens is 4. The lowest BCUT2D eigenvalue weighted by Gasteiger charge is -2.14. The monoisotopic (exact) mass is 451 g/mol. The number of anilines is 1. The first-order valence-corrected chi connectivity index (χ1v) is 10.2. The number of hydrogen-bond acceptors (Lipinski definition) is 3. The van der Waals surface area contributed by atoms with Crippen LogP contribution in [0, 0.1) is 0 Å². The Kier molecular flexibility index (Phi) is 6.95. The molecule has 0 saturated carbocycles. The molecule has 0 saturated heterocycles. The first kappa shape index (κ1) is 22.1. The Bertz CT molecular complexity index is 1040. The fourth-order valence-electron chi connectivity index (χ4n) is 2.76. The number of ether oxygens (including phenoxy) is 1. The van der Waals surface area contributed by atoms with E-state index in [1.54, 1.807) is 24.3 Å². The first-order chi connectivity index (χ1) is 14.3. The molecule has 0 heterocycles. The van der Waals surface area contributed by atoms with Crippen LogP contribution >= 0.6 is 23.4 Å². The highest BCUT2D eigenvalue weighted by Gasteiger charge is 2.33. The third kappa shape index (κ3) is 5.49. The molecule has 0 radical (unpaired) electrons. The number of para-hydroxylation sites is 1. The molecule has 0 spiro atoms. The summed E-state index contributed by atoms with van der Waals surface area (Å²) in [7, 11) is 1.52. The van der Waals surface area contributed by atoms with Crippen molar-refractivity contribution in [1.82, 2.24) is 0 Å². The maximum Gasteiger partial charge on any atom is 0.418 e. The number of thioether (sulfide) groups is 1. The van der Waals surface area contributed by atoms with Gasteiger partial charge in [-0.15, -0.1) is 11.8 Å². The second-order valence-corrected chi connectivity index (χ2v) is 7.75. The molecule has 3 aromatic carbocycles. The molecule has 0 fully saturated rings. The lowest BCUT2D eigenvalue weighted by atomic mass is 10.1. The van der Waals surface area contributed by atoms with E-state index in [2.05, 4.69) is 5.32 Å². The normalized spacial score (nSPS) is 11.2. The lowest BCUT2D eigenvalue weighted by Crippen LogP contribution is -2.16. The van der Waals surface area contributed by atoms with Crippen molar-refractivity contribution in [2.45, 2.75) is 16.8 Å². The van der Waals surface area contributed by atoms with Crippen LogP contribution in [0.5, 0.6) is 5.75 Å². The predicted octanol–water partition coefficient (Wildman–Crippen LogP) is 6.91. The molecule has 1 amide bonds. The standard InChI is InChI=1S/C22H17ClF3NO2S/c1-29-20-11-6-14(12-15(20)13-30-17-9-7-16(23)8-10-17)21(28)27-19-5-3-2-4-18(19)22(24,25)26/h2-12H,13H2,1H3,(H,27,28). The van der Waals surface area contributed by atoms with Gasteiger partial charge in [-0.25, -0.2) is 0 Å². The van der Waals surface area contributed by atoms with Gasteiger partial charge in [-0.05, 0) is 54.6 Å². The van der Waals surface area contributed by atoms with E-state index in [1.165, 1.54) is 43.1 Å². The van der Waals surface area contributed by atoms with Crippen molar-refractivity contribution < 1.29 is 22.7 Å². The molecule has 8 heteroatoms. The lowest BCUT2D eigenvalue weighted by molar-refractivity contribution is -0.136. The molecule has 0 aliphatic carbocycles. The van der Waals surface area contributed by atoms with Crippen molar-refractivity contribution in [2.75, 3.05) is 12.4 Å². The summed E-state index contributed by atoms with van der Waals surface area (Å²) in [5, 5.41) is 2.99. The van der Waals surface area contributed by atoms with Gasteiger partial charge >= 0.3 is 6.18 Å². The highest BCUT2D eigenvalue weighted by atomic mass is 35.5. The van der Waals surface area contributed by atoms with Crippen LogP contribution in [0.2, 0.25) is 5.02 Å². The van der Waals surface area contributed by atoms with Crippen LogP contribution in [0.25, 0.3) is 0 Å². The molecular weight excluding hydrogens is 435 g/mol. The fourth-order valence-corrected chi connectivity index (χ4v) is 3.76. The molecule has 0 bridgehead atoms.